The Morgan fingerprint density at radius 3 is 2.53 bits per heavy atom. The third-order valence-electron chi connectivity index (χ3n) is 2.12. The van der Waals surface area contributed by atoms with Crippen LogP contribution in [0.5, 0.6) is 0 Å². The molecule has 0 atom stereocenters. The summed E-state index contributed by atoms with van der Waals surface area (Å²) in [6.45, 7) is 4.05. The third kappa shape index (κ3) is 3.95. The van der Waals surface area contributed by atoms with E-state index in [9.17, 15) is 8.42 Å². The molecule has 0 fully saturated rings. The fourth-order valence-electron chi connectivity index (χ4n) is 1.17. The summed E-state index contributed by atoms with van der Waals surface area (Å²) in [6.07, 6.45) is 0.703. The Morgan fingerprint density at radius 1 is 1.33 bits per heavy atom. The van der Waals surface area contributed by atoms with Crippen molar-refractivity contribution in [1.29, 1.82) is 0 Å². The molecule has 1 aromatic carbocycles. The maximum atomic E-state index is 11.9. The summed E-state index contributed by atoms with van der Waals surface area (Å²) in [6, 6.07) is 6.85. The fraction of sp³-hybridized carbons (Fsp3) is 0.455. The molecule has 0 aliphatic rings. The molecule has 0 amide bonds. The van der Waals surface area contributed by atoms with Crippen LogP contribution in [0.15, 0.2) is 33.6 Å². The van der Waals surface area contributed by atoms with E-state index in [4.69, 9.17) is 0 Å². The second kappa shape index (κ2) is 5.12. The summed E-state index contributed by atoms with van der Waals surface area (Å²) in [4.78, 5) is 0.400. The lowest BCUT2D eigenvalue weighted by atomic mass is 10.2. The minimum absolute atomic E-state index is 0.223. The largest absolute Gasteiger partial charge is 0.224 e. The average Bonchev–Trinajstić information content (AvgIpc) is 2.15. The van der Waals surface area contributed by atoms with Crippen molar-refractivity contribution in [2.45, 2.75) is 25.2 Å². The Morgan fingerprint density at radius 2 is 2.00 bits per heavy atom. The van der Waals surface area contributed by atoms with Crippen LogP contribution < -0.4 is 0 Å². The van der Waals surface area contributed by atoms with E-state index in [0.717, 1.165) is 4.47 Å². The van der Waals surface area contributed by atoms with Crippen LogP contribution in [0.4, 0.5) is 0 Å². The highest BCUT2D eigenvalue weighted by Gasteiger charge is 2.14. The normalized spacial score (nSPS) is 12.0. The Kier molecular flexibility index (Phi) is 4.34. The van der Waals surface area contributed by atoms with Gasteiger partial charge in [-0.3, -0.25) is 0 Å². The number of halogens is 1. The van der Waals surface area contributed by atoms with Crippen LogP contribution >= 0.6 is 15.9 Å². The molecule has 2 nitrogen and oxygen atoms in total. The molecular weight excluding hydrogens is 276 g/mol. The Balaban J connectivity index is 2.87. The van der Waals surface area contributed by atoms with Gasteiger partial charge in [-0.2, -0.15) is 0 Å². The highest BCUT2D eigenvalue weighted by molar-refractivity contribution is 9.10. The van der Waals surface area contributed by atoms with Gasteiger partial charge in [-0.1, -0.05) is 35.8 Å². The van der Waals surface area contributed by atoms with Crippen LogP contribution in [0, 0.1) is 5.92 Å². The van der Waals surface area contributed by atoms with E-state index < -0.39 is 9.84 Å². The SMILES string of the molecule is CC(C)CCS(=O)(=O)c1cccc(Br)c1. The van der Waals surface area contributed by atoms with Gasteiger partial charge in [0, 0.05) is 4.47 Å². The zero-order chi connectivity index (χ0) is 11.5. The molecule has 0 aliphatic carbocycles. The number of hydrogen-bond donors (Lipinski definition) is 0. The van der Waals surface area contributed by atoms with Crippen molar-refractivity contribution in [2.75, 3.05) is 5.75 Å². The lowest BCUT2D eigenvalue weighted by Gasteiger charge is -2.06. The van der Waals surface area contributed by atoms with Crippen molar-refractivity contribution in [3.05, 3.63) is 28.7 Å². The average molecular weight is 291 g/mol. The molecule has 0 heterocycles. The van der Waals surface area contributed by atoms with Crippen molar-refractivity contribution < 1.29 is 8.42 Å². The maximum absolute atomic E-state index is 11.9. The predicted octanol–water partition coefficient (Wildman–Crippen LogP) is 3.27. The van der Waals surface area contributed by atoms with Crippen molar-refractivity contribution >= 4 is 25.8 Å². The smallest absolute Gasteiger partial charge is 0.178 e. The summed E-state index contributed by atoms with van der Waals surface area (Å²) in [5.74, 6) is 0.633. The number of hydrogen-bond acceptors (Lipinski definition) is 2. The molecule has 1 rings (SSSR count). The van der Waals surface area contributed by atoms with E-state index in [1.165, 1.54) is 0 Å². The van der Waals surface area contributed by atoms with Crippen molar-refractivity contribution in [3.63, 3.8) is 0 Å². The molecule has 0 bridgehead atoms. The molecule has 0 aromatic heterocycles. The van der Waals surface area contributed by atoms with E-state index in [0.29, 0.717) is 17.2 Å². The van der Waals surface area contributed by atoms with Gasteiger partial charge in [0.05, 0.1) is 10.6 Å². The van der Waals surface area contributed by atoms with Crippen LogP contribution in [-0.4, -0.2) is 14.2 Å². The quantitative estimate of drug-likeness (QED) is 0.853. The summed E-state index contributed by atoms with van der Waals surface area (Å²) in [5, 5.41) is 0. The highest BCUT2D eigenvalue weighted by Crippen LogP contribution is 2.18. The lowest BCUT2D eigenvalue weighted by molar-refractivity contribution is 0.573. The molecule has 0 saturated carbocycles. The van der Waals surface area contributed by atoms with E-state index in [1.807, 2.05) is 19.9 Å². The second-order valence-corrected chi connectivity index (χ2v) is 6.98. The van der Waals surface area contributed by atoms with Gasteiger partial charge < -0.3 is 0 Å². The number of sulfone groups is 1. The van der Waals surface area contributed by atoms with Gasteiger partial charge >= 0.3 is 0 Å². The van der Waals surface area contributed by atoms with Crippen molar-refractivity contribution in [3.8, 4) is 0 Å². The van der Waals surface area contributed by atoms with E-state index in [2.05, 4.69) is 15.9 Å². The lowest BCUT2D eigenvalue weighted by Crippen LogP contribution is -2.08. The molecule has 0 N–H and O–H groups in total. The molecule has 84 valence electrons. The van der Waals surface area contributed by atoms with Crippen molar-refractivity contribution in [1.82, 2.24) is 0 Å². The fourth-order valence-corrected chi connectivity index (χ4v) is 3.33. The molecule has 15 heavy (non-hydrogen) atoms. The molecule has 0 spiro atoms. The summed E-state index contributed by atoms with van der Waals surface area (Å²) in [5.41, 5.74) is 0. The van der Waals surface area contributed by atoms with E-state index in [-0.39, 0.29) is 5.75 Å². The van der Waals surface area contributed by atoms with Gasteiger partial charge in [-0.25, -0.2) is 8.42 Å². The topological polar surface area (TPSA) is 34.1 Å². The first-order valence-corrected chi connectivity index (χ1v) is 7.34. The van der Waals surface area contributed by atoms with Crippen LogP contribution in [0.25, 0.3) is 0 Å². The maximum Gasteiger partial charge on any atom is 0.178 e. The van der Waals surface area contributed by atoms with Crippen LogP contribution in [0.3, 0.4) is 0 Å². The van der Waals surface area contributed by atoms with Crippen LogP contribution in [-0.2, 0) is 9.84 Å². The minimum atomic E-state index is -3.11. The standard InChI is InChI=1S/C11H15BrO2S/c1-9(2)6-7-15(13,14)11-5-3-4-10(12)8-11/h3-5,8-9H,6-7H2,1-2H3. The minimum Gasteiger partial charge on any atom is -0.224 e. The monoisotopic (exact) mass is 290 g/mol. The molecule has 0 saturated heterocycles. The summed E-state index contributed by atoms with van der Waals surface area (Å²) in [7, 11) is -3.11. The molecule has 4 heteroatoms. The van der Waals surface area contributed by atoms with Gasteiger partial charge in [0.25, 0.3) is 0 Å². The number of benzene rings is 1. The zero-order valence-electron chi connectivity index (χ0n) is 8.90. The highest BCUT2D eigenvalue weighted by atomic mass is 79.9. The Bertz CT molecular complexity index is 424. The summed E-state index contributed by atoms with van der Waals surface area (Å²) < 4.78 is 24.5. The number of rotatable bonds is 4. The van der Waals surface area contributed by atoms with Gasteiger partial charge in [-0.05, 0) is 30.5 Å². The van der Waals surface area contributed by atoms with E-state index in [1.54, 1.807) is 18.2 Å². The summed E-state index contributed by atoms with van der Waals surface area (Å²) >= 11 is 3.27. The van der Waals surface area contributed by atoms with Crippen molar-refractivity contribution in [2.24, 2.45) is 5.92 Å². The molecular formula is C11H15BrO2S. The van der Waals surface area contributed by atoms with Crippen LogP contribution in [0.1, 0.15) is 20.3 Å². The zero-order valence-corrected chi connectivity index (χ0v) is 11.3. The molecule has 0 aliphatic heterocycles. The van der Waals surface area contributed by atoms with Gasteiger partial charge in [0.2, 0.25) is 0 Å². The van der Waals surface area contributed by atoms with Gasteiger partial charge in [0.1, 0.15) is 0 Å². The Labute approximate surface area is 99.7 Å². The molecule has 1 aromatic rings. The second-order valence-electron chi connectivity index (χ2n) is 3.96. The first-order valence-electron chi connectivity index (χ1n) is 4.90. The third-order valence-corrected chi connectivity index (χ3v) is 4.36. The molecule has 0 radical (unpaired) electrons. The van der Waals surface area contributed by atoms with Crippen LogP contribution in [0.2, 0.25) is 0 Å². The first kappa shape index (κ1) is 12.7. The predicted molar refractivity (Wildman–Crippen MR) is 65.6 cm³/mol. The first-order chi connectivity index (χ1) is 6.92. The van der Waals surface area contributed by atoms with Gasteiger partial charge in [0.15, 0.2) is 9.84 Å². The molecule has 0 unspecified atom stereocenters. The van der Waals surface area contributed by atoms with E-state index >= 15 is 0 Å². The Hall–Kier alpha value is -0.350. The van der Waals surface area contributed by atoms with Gasteiger partial charge in [-0.15, -0.1) is 0 Å².